The van der Waals surface area contributed by atoms with Crippen LogP contribution in [0, 0.1) is 0 Å². The number of aliphatic hydroxyl groups excluding tert-OH is 10. The molecule has 18 heteroatoms. The first-order chi connectivity index (χ1) is 18.3. The fourth-order valence-electron chi connectivity index (χ4n) is 3.73. The first-order valence-corrected chi connectivity index (χ1v) is 11.9. The Morgan fingerprint density at radius 2 is 1.56 bits per heavy atom. The van der Waals surface area contributed by atoms with E-state index < -0.39 is 118 Å². The van der Waals surface area contributed by atoms with Gasteiger partial charge in [-0.3, -0.25) is 0 Å². The van der Waals surface area contributed by atoms with E-state index in [2.05, 4.69) is 9.99 Å². The Bertz CT molecular complexity index is 775. The number of carbonyl (C=O) groups is 1. The lowest BCUT2D eigenvalue weighted by Gasteiger charge is -2.39. The summed E-state index contributed by atoms with van der Waals surface area (Å²) >= 11 is 0. The highest BCUT2D eigenvalue weighted by molar-refractivity contribution is 5.68. The van der Waals surface area contributed by atoms with E-state index in [0.29, 0.717) is 6.21 Å². The van der Waals surface area contributed by atoms with Crippen molar-refractivity contribution in [3.05, 3.63) is 0 Å². The third-order valence-corrected chi connectivity index (χ3v) is 6.22. The second-order valence-electron chi connectivity index (χ2n) is 9.19. The Hall–Kier alpha value is -1.62. The normalized spacial score (nSPS) is 39.1. The lowest BCUT2D eigenvalue weighted by Crippen LogP contribution is -2.58. The van der Waals surface area contributed by atoms with Crippen LogP contribution in [0.1, 0.15) is 6.92 Å². The molecule has 228 valence electrons. The van der Waals surface area contributed by atoms with E-state index >= 15 is 0 Å². The van der Waals surface area contributed by atoms with E-state index in [1.165, 1.54) is 6.92 Å². The number of aliphatic hydroxyl groups is 10. The van der Waals surface area contributed by atoms with Gasteiger partial charge in [-0.15, -0.1) is 0 Å². The molecule has 18 nitrogen and oxygen atoms in total. The van der Waals surface area contributed by atoms with Crippen molar-refractivity contribution in [1.82, 2.24) is 0 Å². The zero-order valence-corrected chi connectivity index (χ0v) is 20.8. The van der Waals surface area contributed by atoms with Crippen LogP contribution in [0.2, 0.25) is 0 Å². The first-order valence-electron chi connectivity index (χ1n) is 11.9. The molecule has 14 atom stereocenters. The summed E-state index contributed by atoms with van der Waals surface area (Å²) in [4.78, 5) is 14.6. The SMILES string of the molecule is CC1OC(OCC2OCC(OCC(O)C(O)C(O)C(O)C=NOCC(=O)O)C(O)C(O)C2O)C(O)C(O)C1O. The van der Waals surface area contributed by atoms with Crippen molar-refractivity contribution in [2.45, 2.75) is 92.6 Å². The predicted octanol–water partition coefficient (Wildman–Crippen LogP) is -6.77. The average Bonchev–Trinajstić information content (AvgIpc) is 3.00. The molecule has 2 saturated heterocycles. The highest BCUT2D eigenvalue weighted by Gasteiger charge is 2.45. The molecule has 11 N–H and O–H groups in total. The number of ether oxygens (including phenoxy) is 4. The highest BCUT2D eigenvalue weighted by atomic mass is 16.7. The van der Waals surface area contributed by atoms with E-state index in [1.807, 2.05) is 0 Å². The minimum Gasteiger partial charge on any atom is -0.479 e. The lowest BCUT2D eigenvalue weighted by molar-refractivity contribution is -0.300. The molecule has 2 rings (SSSR count). The molecule has 0 spiro atoms. The standard InChI is InChI=1S/C21H37NO17/c1-7-13(27)18(32)20(34)21(39-7)37-5-11-17(31)19(33)16(30)10(4-36-11)35-3-9(24)15(29)14(28)8(23)2-22-38-6-12(25)26/h2,7-11,13-21,23-24,27-34H,3-6H2,1H3,(H,25,26). The summed E-state index contributed by atoms with van der Waals surface area (Å²) in [6.45, 7) is -1.08. The fourth-order valence-corrected chi connectivity index (χ4v) is 3.73. The predicted molar refractivity (Wildman–Crippen MR) is 122 cm³/mol. The summed E-state index contributed by atoms with van der Waals surface area (Å²) in [5, 5.41) is 112. The maximum absolute atomic E-state index is 10.4. The molecule has 0 aromatic carbocycles. The molecule has 0 radical (unpaired) electrons. The molecule has 0 bridgehead atoms. The summed E-state index contributed by atoms with van der Waals surface area (Å²) in [7, 11) is 0. The quantitative estimate of drug-likeness (QED) is 0.0718. The van der Waals surface area contributed by atoms with E-state index in [4.69, 9.17) is 24.1 Å². The van der Waals surface area contributed by atoms with Gasteiger partial charge in [0.1, 0.15) is 73.2 Å². The maximum atomic E-state index is 10.4. The first kappa shape index (κ1) is 33.6. The van der Waals surface area contributed by atoms with E-state index in [-0.39, 0.29) is 0 Å². The van der Waals surface area contributed by atoms with Gasteiger partial charge in [0, 0.05) is 0 Å². The fraction of sp³-hybridized carbons (Fsp3) is 0.905. The molecule has 2 aliphatic heterocycles. The van der Waals surface area contributed by atoms with Gasteiger partial charge in [-0.2, -0.15) is 0 Å². The minimum atomic E-state index is -2.01. The number of carboxylic acid groups (broad SMARTS) is 1. The van der Waals surface area contributed by atoms with Gasteiger partial charge in [0.05, 0.1) is 32.1 Å². The van der Waals surface area contributed by atoms with E-state index in [9.17, 15) is 55.9 Å². The number of nitrogens with zero attached hydrogens (tertiary/aromatic N) is 1. The Morgan fingerprint density at radius 1 is 0.923 bits per heavy atom. The van der Waals surface area contributed by atoms with Crippen LogP contribution in [0.5, 0.6) is 0 Å². The van der Waals surface area contributed by atoms with Crippen molar-refractivity contribution >= 4 is 12.2 Å². The molecule has 2 heterocycles. The summed E-state index contributed by atoms with van der Waals surface area (Å²) in [6, 6.07) is 0. The monoisotopic (exact) mass is 575 g/mol. The minimum absolute atomic E-state index is 0.462. The van der Waals surface area contributed by atoms with Gasteiger partial charge in [0.2, 0.25) is 6.61 Å². The summed E-state index contributed by atoms with van der Waals surface area (Å²) in [5.41, 5.74) is 0. The molecule has 0 aromatic heterocycles. The molecule has 14 unspecified atom stereocenters. The van der Waals surface area contributed by atoms with Gasteiger partial charge in [-0.25, -0.2) is 4.79 Å². The topological polar surface area (TPSA) is 298 Å². The molecule has 0 aromatic rings. The van der Waals surface area contributed by atoms with Crippen LogP contribution in [-0.2, 0) is 28.6 Å². The summed E-state index contributed by atoms with van der Waals surface area (Å²) < 4.78 is 21.4. The maximum Gasteiger partial charge on any atom is 0.344 e. The Kier molecular flexibility index (Phi) is 13.3. The van der Waals surface area contributed by atoms with Gasteiger partial charge in [-0.05, 0) is 6.92 Å². The van der Waals surface area contributed by atoms with E-state index in [0.717, 1.165) is 0 Å². The Balaban J connectivity index is 1.88. The van der Waals surface area contributed by atoms with Crippen LogP contribution in [0.3, 0.4) is 0 Å². The molecule has 39 heavy (non-hydrogen) atoms. The largest absolute Gasteiger partial charge is 0.479 e. The van der Waals surface area contributed by atoms with Gasteiger partial charge >= 0.3 is 5.97 Å². The smallest absolute Gasteiger partial charge is 0.344 e. The van der Waals surface area contributed by atoms with Crippen molar-refractivity contribution in [1.29, 1.82) is 0 Å². The molecule has 0 saturated carbocycles. The highest BCUT2D eigenvalue weighted by Crippen LogP contribution is 2.24. The van der Waals surface area contributed by atoms with Crippen molar-refractivity contribution in [3.63, 3.8) is 0 Å². The zero-order valence-electron chi connectivity index (χ0n) is 20.8. The molecule has 0 amide bonds. The molecular weight excluding hydrogens is 538 g/mol. The van der Waals surface area contributed by atoms with Crippen LogP contribution in [0.15, 0.2) is 5.16 Å². The second-order valence-corrected chi connectivity index (χ2v) is 9.19. The Morgan fingerprint density at radius 3 is 2.21 bits per heavy atom. The van der Waals surface area contributed by atoms with Gasteiger partial charge < -0.3 is 80.0 Å². The van der Waals surface area contributed by atoms with Gasteiger partial charge in [0.15, 0.2) is 6.29 Å². The summed E-state index contributed by atoms with van der Waals surface area (Å²) in [6.07, 6.45) is -21.9. The number of hydrogen-bond acceptors (Lipinski definition) is 17. The van der Waals surface area contributed by atoms with Crippen LogP contribution in [0.4, 0.5) is 0 Å². The number of rotatable bonds is 13. The molecule has 2 aliphatic rings. The van der Waals surface area contributed by atoms with Crippen LogP contribution in [-0.4, -0.2) is 180 Å². The second kappa shape index (κ2) is 15.4. The molecule has 0 aliphatic carbocycles. The lowest BCUT2D eigenvalue weighted by atomic mass is 10.00. The van der Waals surface area contributed by atoms with Crippen molar-refractivity contribution in [3.8, 4) is 0 Å². The third-order valence-electron chi connectivity index (χ3n) is 6.22. The van der Waals surface area contributed by atoms with Crippen LogP contribution < -0.4 is 0 Å². The van der Waals surface area contributed by atoms with Gasteiger partial charge in [-0.1, -0.05) is 5.16 Å². The van der Waals surface area contributed by atoms with Crippen molar-refractivity contribution in [2.24, 2.45) is 5.16 Å². The third kappa shape index (κ3) is 9.20. The summed E-state index contributed by atoms with van der Waals surface area (Å²) in [5.74, 6) is -1.34. The van der Waals surface area contributed by atoms with Crippen molar-refractivity contribution < 1.29 is 84.8 Å². The average molecular weight is 576 g/mol. The number of hydrogen-bond donors (Lipinski definition) is 11. The zero-order chi connectivity index (χ0) is 29.4. The van der Waals surface area contributed by atoms with Crippen LogP contribution >= 0.6 is 0 Å². The molecular formula is C21H37NO17. The van der Waals surface area contributed by atoms with Gasteiger partial charge in [0.25, 0.3) is 0 Å². The number of carboxylic acids is 1. The Labute approximate surface area is 221 Å². The van der Waals surface area contributed by atoms with E-state index in [1.54, 1.807) is 0 Å². The molecule has 2 fully saturated rings. The van der Waals surface area contributed by atoms with Crippen molar-refractivity contribution in [2.75, 3.05) is 26.4 Å². The van der Waals surface area contributed by atoms with Crippen LogP contribution in [0.25, 0.3) is 0 Å². The number of oxime groups is 1. The number of aliphatic carboxylic acids is 1.